The van der Waals surface area contributed by atoms with Crippen molar-refractivity contribution in [2.24, 2.45) is 5.73 Å². The molecule has 1 saturated heterocycles. The van der Waals surface area contributed by atoms with Crippen molar-refractivity contribution >= 4 is 40.8 Å². The minimum absolute atomic E-state index is 0.216. The highest BCUT2D eigenvalue weighted by atomic mass is 16.4. The molecule has 310 valence electrons. The SMILES string of the molecule is CNCCCCCC(=O)N1CCC(Nc2nc(NCc3cn(CCCNCCCNC4CCCCC4)nn3)nc3ccccc23)CC1.NC(CCC=O)C(=O)O. The van der Waals surface area contributed by atoms with Crippen LogP contribution in [0.15, 0.2) is 30.5 Å². The van der Waals surface area contributed by atoms with Gasteiger partial charge in [-0.2, -0.15) is 4.98 Å². The summed E-state index contributed by atoms with van der Waals surface area (Å²) in [5, 5.41) is 35.3. The molecule has 16 nitrogen and oxygen atoms in total. The Morgan fingerprint density at radius 2 is 1.73 bits per heavy atom. The molecule has 3 heterocycles. The number of hydrogen-bond donors (Lipinski definition) is 7. The predicted octanol–water partition coefficient (Wildman–Crippen LogP) is 3.69. The van der Waals surface area contributed by atoms with Gasteiger partial charge in [-0.3, -0.25) is 14.3 Å². The smallest absolute Gasteiger partial charge is 0.320 e. The number of carbonyl (C=O) groups excluding carboxylic acids is 2. The topological polar surface area (TPSA) is 217 Å². The summed E-state index contributed by atoms with van der Waals surface area (Å²) in [5.41, 5.74) is 6.79. The van der Waals surface area contributed by atoms with E-state index < -0.39 is 12.0 Å². The molecule has 1 unspecified atom stereocenters. The van der Waals surface area contributed by atoms with Crippen LogP contribution in [0.2, 0.25) is 0 Å². The van der Waals surface area contributed by atoms with Crippen LogP contribution < -0.4 is 32.3 Å². The summed E-state index contributed by atoms with van der Waals surface area (Å²) < 4.78 is 1.92. The van der Waals surface area contributed by atoms with Gasteiger partial charge in [0, 0.05) is 49.9 Å². The van der Waals surface area contributed by atoms with Gasteiger partial charge < -0.3 is 47.1 Å². The first kappa shape index (κ1) is 44.5. The van der Waals surface area contributed by atoms with E-state index in [4.69, 9.17) is 20.8 Å². The molecule has 1 aliphatic heterocycles. The van der Waals surface area contributed by atoms with Crippen LogP contribution in [-0.4, -0.2) is 118 Å². The number of para-hydroxylation sites is 1. The van der Waals surface area contributed by atoms with E-state index in [9.17, 15) is 14.4 Å². The molecule has 3 aromatic rings. The molecule has 2 fully saturated rings. The number of fused-ring (bicyclic) bond motifs is 1. The van der Waals surface area contributed by atoms with E-state index in [1.165, 1.54) is 38.5 Å². The first-order valence-corrected chi connectivity index (χ1v) is 20.8. The third-order valence-electron chi connectivity index (χ3n) is 10.3. The Balaban J connectivity index is 0.000000689. The van der Waals surface area contributed by atoms with Crippen molar-refractivity contribution in [2.75, 3.05) is 56.9 Å². The van der Waals surface area contributed by atoms with Crippen molar-refractivity contribution in [3.05, 3.63) is 36.2 Å². The molecule has 1 atom stereocenters. The molecule has 0 spiro atoms. The number of likely N-dealkylation sites (tertiary alicyclic amines) is 1. The largest absolute Gasteiger partial charge is 0.480 e. The number of amides is 1. The molecule has 5 rings (SSSR count). The lowest BCUT2D eigenvalue weighted by Crippen LogP contribution is -2.42. The Labute approximate surface area is 331 Å². The number of benzene rings is 1. The average molecular weight is 779 g/mol. The normalized spacial score (nSPS) is 15.6. The fourth-order valence-electron chi connectivity index (χ4n) is 7.03. The quantitative estimate of drug-likeness (QED) is 0.0510. The highest BCUT2D eigenvalue weighted by molar-refractivity contribution is 5.90. The molecule has 0 radical (unpaired) electrons. The van der Waals surface area contributed by atoms with Gasteiger partial charge in [0.2, 0.25) is 11.9 Å². The van der Waals surface area contributed by atoms with Gasteiger partial charge in [-0.1, -0.05) is 43.0 Å². The molecule has 0 bridgehead atoms. The third-order valence-corrected chi connectivity index (χ3v) is 10.3. The fraction of sp³-hybridized carbons (Fsp3) is 0.675. The Morgan fingerprint density at radius 3 is 2.50 bits per heavy atom. The van der Waals surface area contributed by atoms with E-state index in [0.717, 1.165) is 113 Å². The van der Waals surface area contributed by atoms with Gasteiger partial charge in [0.05, 0.1) is 18.3 Å². The number of aliphatic carboxylic acids is 1. The van der Waals surface area contributed by atoms with Crippen molar-refractivity contribution in [3.63, 3.8) is 0 Å². The number of piperidine rings is 1. The number of rotatable bonds is 24. The number of nitrogens with zero attached hydrogens (tertiary/aromatic N) is 6. The van der Waals surface area contributed by atoms with Crippen molar-refractivity contribution in [2.45, 2.75) is 128 Å². The number of carboxylic acids is 1. The number of unbranched alkanes of at least 4 members (excludes halogenated alkanes) is 2. The second-order valence-corrected chi connectivity index (χ2v) is 14.9. The summed E-state index contributed by atoms with van der Waals surface area (Å²) in [6, 6.07) is 8.20. The highest BCUT2D eigenvalue weighted by Crippen LogP contribution is 2.25. The third kappa shape index (κ3) is 16.5. The number of carbonyl (C=O) groups is 3. The van der Waals surface area contributed by atoms with Gasteiger partial charge in [-0.05, 0) is 103 Å². The maximum absolute atomic E-state index is 12.7. The Bertz CT molecular complexity index is 1580. The lowest BCUT2D eigenvalue weighted by atomic mass is 9.95. The highest BCUT2D eigenvalue weighted by Gasteiger charge is 2.23. The maximum atomic E-state index is 12.7. The molecular weight excluding hydrogens is 713 g/mol. The number of nitrogens with two attached hydrogens (primary N) is 1. The minimum atomic E-state index is -1.06. The monoisotopic (exact) mass is 779 g/mol. The van der Waals surface area contributed by atoms with Crippen molar-refractivity contribution in [1.82, 2.24) is 45.8 Å². The van der Waals surface area contributed by atoms with Crippen LogP contribution in [0.1, 0.15) is 102 Å². The van der Waals surface area contributed by atoms with Crippen LogP contribution in [0.25, 0.3) is 10.9 Å². The number of aryl methyl sites for hydroxylation is 1. The van der Waals surface area contributed by atoms with Gasteiger partial charge in [-0.15, -0.1) is 5.10 Å². The van der Waals surface area contributed by atoms with Gasteiger partial charge in [0.1, 0.15) is 23.8 Å². The fourth-order valence-corrected chi connectivity index (χ4v) is 7.03. The van der Waals surface area contributed by atoms with Gasteiger partial charge in [-0.25, -0.2) is 4.98 Å². The molecule has 8 N–H and O–H groups in total. The number of hydrogen-bond acceptors (Lipinski definition) is 13. The zero-order valence-electron chi connectivity index (χ0n) is 33.4. The van der Waals surface area contributed by atoms with E-state index in [1.54, 1.807) is 0 Å². The first-order valence-electron chi connectivity index (χ1n) is 20.8. The van der Waals surface area contributed by atoms with E-state index in [0.29, 0.717) is 25.2 Å². The van der Waals surface area contributed by atoms with E-state index in [1.807, 2.05) is 41.0 Å². The molecule has 1 saturated carbocycles. The van der Waals surface area contributed by atoms with Gasteiger partial charge in [0.25, 0.3) is 0 Å². The van der Waals surface area contributed by atoms with Gasteiger partial charge >= 0.3 is 5.97 Å². The molecule has 1 aromatic carbocycles. The van der Waals surface area contributed by atoms with E-state index in [-0.39, 0.29) is 24.8 Å². The first-order chi connectivity index (χ1) is 27.4. The van der Waals surface area contributed by atoms with E-state index in [2.05, 4.69) is 43.0 Å². The number of carboxylic acid groups (broad SMARTS) is 1. The van der Waals surface area contributed by atoms with Crippen molar-refractivity contribution < 1.29 is 19.5 Å². The molecule has 56 heavy (non-hydrogen) atoms. The number of anilines is 2. The van der Waals surface area contributed by atoms with Crippen LogP contribution in [-0.2, 0) is 27.5 Å². The molecular formula is C40H66N12O4. The summed E-state index contributed by atoms with van der Waals surface area (Å²) in [4.78, 5) is 44.0. The standard InChI is InChI=1S/C35H57N11O.C5H9NO3/c1-36-19-9-3-6-16-33(47)45-24-17-29(18-25-45)40-34-31-14-7-8-15-32(31)41-35(42-34)39-26-30-27-46(44-43-30)23-11-21-37-20-10-22-38-28-12-4-2-5-13-28;6-4(5(8)9)2-1-3-7/h7-8,14-15,27-29,36-38H,2-6,9-13,16-26H2,1H3,(H2,39,40,41,42);3-4H,1-2,6H2,(H,8,9). The zero-order chi connectivity index (χ0) is 39.8. The van der Waals surface area contributed by atoms with Crippen molar-refractivity contribution in [3.8, 4) is 0 Å². The van der Waals surface area contributed by atoms with Crippen LogP contribution in [0.3, 0.4) is 0 Å². The zero-order valence-corrected chi connectivity index (χ0v) is 33.4. The summed E-state index contributed by atoms with van der Waals surface area (Å²) in [7, 11) is 1.97. The second-order valence-electron chi connectivity index (χ2n) is 14.9. The number of aromatic nitrogens is 5. The maximum Gasteiger partial charge on any atom is 0.320 e. The lowest BCUT2D eigenvalue weighted by Gasteiger charge is -2.33. The summed E-state index contributed by atoms with van der Waals surface area (Å²) in [5.74, 6) is 0.618. The molecule has 1 amide bonds. The lowest BCUT2D eigenvalue weighted by molar-refractivity contribution is -0.138. The molecule has 1 aliphatic carbocycles. The van der Waals surface area contributed by atoms with Crippen LogP contribution in [0.4, 0.5) is 11.8 Å². The Morgan fingerprint density at radius 1 is 0.946 bits per heavy atom. The minimum Gasteiger partial charge on any atom is -0.480 e. The number of nitrogens with one attached hydrogen (secondary N) is 5. The molecule has 2 aliphatic rings. The van der Waals surface area contributed by atoms with Crippen LogP contribution in [0, 0.1) is 0 Å². The molecule has 16 heteroatoms. The van der Waals surface area contributed by atoms with Crippen molar-refractivity contribution in [1.29, 1.82) is 0 Å². The Kier molecular flexibility index (Phi) is 20.5. The van der Waals surface area contributed by atoms with Crippen LogP contribution >= 0.6 is 0 Å². The Hall–Kier alpha value is -4.25. The summed E-state index contributed by atoms with van der Waals surface area (Å²) in [6.45, 7) is 7.04. The molecule has 2 aromatic heterocycles. The van der Waals surface area contributed by atoms with Crippen LogP contribution in [0.5, 0.6) is 0 Å². The van der Waals surface area contributed by atoms with E-state index >= 15 is 0 Å². The van der Waals surface area contributed by atoms with Gasteiger partial charge in [0.15, 0.2) is 0 Å². The summed E-state index contributed by atoms with van der Waals surface area (Å²) >= 11 is 0. The average Bonchev–Trinajstić information content (AvgIpc) is 3.68. The summed E-state index contributed by atoms with van der Waals surface area (Å²) in [6.07, 6.45) is 17.8. The predicted molar refractivity (Wildman–Crippen MR) is 220 cm³/mol. The second kappa shape index (κ2) is 25.8. The number of aldehydes is 1.